The van der Waals surface area contributed by atoms with Gasteiger partial charge in [-0.15, -0.1) is 0 Å². The Balaban J connectivity index is 4.21. The Bertz CT molecular complexity index is 150. The van der Waals surface area contributed by atoms with Gasteiger partial charge in [0.1, 0.15) is 0 Å². The Morgan fingerprint density at radius 3 is 2.00 bits per heavy atom. The molecule has 52 valence electrons. The number of hydrogen-bond acceptors (Lipinski definition) is 1. The van der Waals surface area contributed by atoms with Gasteiger partial charge in [-0.2, -0.15) is 8.78 Å². The van der Waals surface area contributed by atoms with Crippen LogP contribution in [0.25, 0.3) is 0 Å². The molecule has 0 aliphatic carbocycles. The highest BCUT2D eigenvalue weighted by Crippen LogP contribution is 2.12. The summed E-state index contributed by atoms with van der Waals surface area (Å²) in [5, 5.41) is -1.32. The van der Waals surface area contributed by atoms with Crippen molar-refractivity contribution in [2.45, 2.75) is 0 Å². The molecule has 0 spiro atoms. The van der Waals surface area contributed by atoms with Crippen LogP contribution in [0.15, 0.2) is 11.1 Å². The van der Waals surface area contributed by atoms with Crippen LogP contribution in [-0.2, 0) is 4.79 Å². The molecule has 0 atom stereocenters. The predicted octanol–water partition coefficient (Wildman–Crippen LogP) is 1.87. The maximum atomic E-state index is 11.2. The van der Waals surface area contributed by atoms with Crippen LogP contribution < -0.4 is 0 Å². The number of allylic oxidation sites excluding steroid dienone is 1. The molecule has 0 saturated heterocycles. The highest BCUT2D eigenvalue weighted by atomic mass is 35.5. The second kappa shape index (κ2) is 3.50. The monoisotopic (exact) mass is 158 g/mol. The Morgan fingerprint density at radius 1 is 1.44 bits per heavy atom. The largest absolute Gasteiger partial charge is 0.292 e. The highest BCUT2D eigenvalue weighted by molar-refractivity contribution is 6.42. The Hall–Kier alpha value is -0.510. The van der Waals surface area contributed by atoms with Crippen LogP contribution in [0.1, 0.15) is 0 Å². The molecule has 0 saturated carbocycles. The van der Waals surface area contributed by atoms with Gasteiger partial charge in [-0.1, -0.05) is 11.6 Å². The number of Topliss-reactive ketones (excluding diaryl/α,β-unsaturated/α-hetero) is 1. The first kappa shape index (κ1) is 8.49. The fourth-order valence-corrected chi connectivity index (χ4v) is 0.215. The van der Waals surface area contributed by atoms with E-state index in [1.54, 1.807) is 0 Å². The first-order valence-electron chi connectivity index (χ1n) is 1.89. The molecule has 0 amide bonds. The van der Waals surface area contributed by atoms with Gasteiger partial charge in [0, 0.05) is 0 Å². The third-order valence-corrected chi connectivity index (χ3v) is 0.886. The smallest absolute Gasteiger partial charge is 0.290 e. The predicted molar refractivity (Wildman–Crippen MR) is 26.1 cm³/mol. The highest BCUT2D eigenvalue weighted by Gasteiger charge is 2.11. The van der Waals surface area contributed by atoms with E-state index in [0.29, 0.717) is 0 Å². The number of hydrogen-bond donors (Lipinski definition) is 0. The molecule has 0 N–H and O–H groups in total. The van der Waals surface area contributed by atoms with Gasteiger partial charge in [-0.25, -0.2) is 4.39 Å². The normalized spacial score (nSPS) is 8.89. The number of ketones is 1. The second-order valence-electron chi connectivity index (χ2n) is 1.13. The minimum Gasteiger partial charge on any atom is -0.290 e. The van der Waals surface area contributed by atoms with E-state index in [-0.39, 0.29) is 0 Å². The van der Waals surface area contributed by atoms with Crippen LogP contribution in [0.3, 0.4) is 0 Å². The molecule has 0 aromatic carbocycles. The van der Waals surface area contributed by atoms with Gasteiger partial charge in [0.15, 0.2) is 11.7 Å². The lowest BCUT2D eigenvalue weighted by Crippen LogP contribution is -1.99. The molecule has 0 fully saturated rings. The van der Waals surface area contributed by atoms with Gasteiger partial charge in [-0.05, 0) is 0 Å². The van der Waals surface area contributed by atoms with Crippen molar-refractivity contribution in [1.29, 1.82) is 0 Å². The van der Waals surface area contributed by atoms with E-state index in [2.05, 4.69) is 11.6 Å². The summed E-state index contributed by atoms with van der Waals surface area (Å²) in [4.78, 5) is 9.91. The van der Waals surface area contributed by atoms with E-state index in [4.69, 9.17) is 0 Å². The number of carbonyl (C=O) groups excluding carboxylic acids is 1. The minimum atomic E-state index is -2.35. The molecule has 0 aliphatic heterocycles. The number of halogens is 4. The zero-order chi connectivity index (χ0) is 7.44. The van der Waals surface area contributed by atoms with Crippen molar-refractivity contribution < 1.29 is 18.0 Å². The summed E-state index contributed by atoms with van der Waals surface area (Å²) < 4.78 is 33.6. The van der Waals surface area contributed by atoms with Crippen LogP contribution in [0, 0.1) is 0 Å². The fourth-order valence-electron chi connectivity index (χ4n) is 0.164. The van der Waals surface area contributed by atoms with E-state index in [0.717, 1.165) is 0 Å². The van der Waals surface area contributed by atoms with Crippen LogP contribution in [0.2, 0.25) is 0 Å². The summed E-state index contributed by atoms with van der Waals surface area (Å²) in [5.41, 5.74) is 0. The summed E-state index contributed by atoms with van der Waals surface area (Å²) in [7, 11) is 0. The van der Waals surface area contributed by atoms with E-state index in [1.165, 1.54) is 0 Å². The van der Waals surface area contributed by atoms with Crippen LogP contribution in [0.5, 0.6) is 0 Å². The maximum absolute atomic E-state index is 11.2. The Labute approximate surface area is 54.1 Å². The SMILES string of the molecule is O=C(CF)C(Cl)=C(F)F. The van der Waals surface area contributed by atoms with Crippen molar-refractivity contribution in [2.75, 3.05) is 6.67 Å². The number of carbonyl (C=O) groups is 1. The van der Waals surface area contributed by atoms with E-state index in [9.17, 15) is 18.0 Å². The lowest BCUT2D eigenvalue weighted by Gasteiger charge is -1.87. The fraction of sp³-hybridized carbons (Fsp3) is 0.250. The van der Waals surface area contributed by atoms with Gasteiger partial charge in [-0.3, -0.25) is 4.79 Å². The molecule has 0 aromatic heterocycles. The molecule has 9 heavy (non-hydrogen) atoms. The third kappa shape index (κ3) is 2.51. The van der Waals surface area contributed by atoms with Gasteiger partial charge in [0.25, 0.3) is 6.08 Å². The molecular formula is C4H2ClF3O. The van der Waals surface area contributed by atoms with Crippen molar-refractivity contribution in [3.05, 3.63) is 11.1 Å². The van der Waals surface area contributed by atoms with Crippen LogP contribution >= 0.6 is 11.6 Å². The average molecular weight is 159 g/mol. The lowest BCUT2D eigenvalue weighted by molar-refractivity contribution is -0.115. The first-order chi connectivity index (χ1) is 4.09. The molecule has 0 aromatic rings. The lowest BCUT2D eigenvalue weighted by atomic mass is 10.4. The van der Waals surface area contributed by atoms with Gasteiger partial charge in [0.2, 0.25) is 5.78 Å². The average Bonchev–Trinajstić information content (AvgIpc) is 1.84. The summed E-state index contributed by atoms with van der Waals surface area (Å²) in [6, 6.07) is 0. The zero-order valence-electron chi connectivity index (χ0n) is 4.13. The maximum Gasteiger partial charge on any atom is 0.292 e. The Morgan fingerprint density at radius 2 is 1.89 bits per heavy atom. The molecule has 0 aliphatic rings. The van der Waals surface area contributed by atoms with E-state index in [1.807, 2.05) is 0 Å². The molecule has 0 unspecified atom stereocenters. The van der Waals surface area contributed by atoms with Crippen LogP contribution in [-0.4, -0.2) is 12.5 Å². The molecule has 0 heterocycles. The van der Waals surface area contributed by atoms with Crippen molar-refractivity contribution in [3.8, 4) is 0 Å². The topological polar surface area (TPSA) is 17.1 Å². The van der Waals surface area contributed by atoms with Gasteiger partial charge < -0.3 is 0 Å². The van der Waals surface area contributed by atoms with Crippen LogP contribution in [0.4, 0.5) is 13.2 Å². The van der Waals surface area contributed by atoms with Crippen molar-refractivity contribution in [2.24, 2.45) is 0 Å². The molecule has 1 nitrogen and oxygen atoms in total. The van der Waals surface area contributed by atoms with Crippen molar-refractivity contribution in [1.82, 2.24) is 0 Å². The molecule has 0 rings (SSSR count). The van der Waals surface area contributed by atoms with Crippen molar-refractivity contribution in [3.63, 3.8) is 0 Å². The van der Waals surface area contributed by atoms with E-state index < -0.39 is 23.6 Å². The summed E-state index contributed by atoms with van der Waals surface area (Å²) >= 11 is 4.61. The standard InChI is InChI=1S/C4H2ClF3O/c5-3(4(7)8)2(9)1-6/h1H2. The summed E-state index contributed by atoms with van der Waals surface area (Å²) in [6.45, 7) is -1.49. The molecule has 5 heteroatoms. The summed E-state index contributed by atoms with van der Waals surface area (Å²) in [6.07, 6.45) is -2.35. The molecule has 0 bridgehead atoms. The summed E-state index contributed by atoms with van der Waals surface area (Å²) in [5.74, 6) is -1.39. The Kier molecular flexibility index (Phi) is 3.30. The third-order valence-electron chi connectivity index (χ3n) is 0.532. The number of rotatable bonds is 2. The quantitative estimate of drug-likeness (QED) is 0.561. The zero-order valence-corrected chi connectivity index (χ0v) is 4.88. The van der Waals surface area contributed by atoms with E-state index >= 15 is 0 Å². The molecular weight excluding hydrogens is 156 g/mol. The van der Waals surface area contributed by atoms with Crippen molar-refractivity contribution >= 4 is 17.4 Å². The second-order valence-corrected chi connectivity index (χ2v) is 1.51. The van der Waals surface area contributed by atoms with Gasteiger partial charge in [0.05, 0.1) is 0 Å². The first-order valence-corrected chi connectivity index (χ1v) is 2.27. The molecule has 0 radical (unpaired) electrons. The number of alkyl halides is 1. The minimum absolute atomic E-state index is 1.32. The van der Waals surface area contributed by atoms with Gasteiger partial charge >= 0.3 is 0 Å².